The zero-order chi connectivity index (χ0) is 24.4. The van der Waals surface area contributed by atoms with E-state index in [1.807, 2.05) is 43.7 Å². The van der Waals surface area contributed by atoms with Crippen molar-refractivity contribution in [1.29, 1.82) is 0 Å². The van der Waals surface area contributed by atoms with Gasteiger partial charge in [0.1, 0.15) is 11.6 Å². The highest BCUT2D eigenvalue weighted by Gasteiger charge is 2.23. The lowest BCUT2D eigenvalue weighted by molar-refractivity contribution is 0.0943. The Bertz CT molecular complexity index is 1210. The van der Waals surface area contributed by atoms with Gasteiger partial charge in [-0.25, -0.2) is 14.2 Å². The summed E-state index contributed by atoms with van der Waals surface area (Å²) >= 11 is 0. The van der Waals surface area contributed by atoms with Gasteiger partial charge in [0, 0.05) is 50.5 Å². The van der Waals surface area contributed by atoms with Gasteiger partial charge in [-0.1, -0.05) is 6.07 Å². The second-order valence-corrected chi connectivity index (χ2v) is 9.08. The van der Waals surface area contributed by atoms with Crippen LogP contribution < -0.4 is 10.6 Å². The van der Waals surface area contributed by atoms with Crippen molar-refractivity contribution in [3.8, 4) is 0 Å². The van der Waals surface area contributed by atoms with Gasteiger partial charge in [0.2, 0.25) is 0 Å². The lowest BCUT2D eigenvalue weighted by Crippen LogP contribution is -2.49. The third kappa shape index (κ3) is 5.20. The Labute approximate surface area is 198 Å². The molecule has 1 aromatic heterocycles. The molecule has 0 unspecified atom stereocenters. The Morgan fingerprint density at radius 2 is 1.82 bits per heavy atom. The summed E-state index contributed by atoms with van der Waals surface area (Å²) in [4.78, 5) is 33.7. The van der Waals surface area contributed by atoms with Crippen LogP contribution in [-0.2, 0) is 13.6 Å². The number of fused-ring (bicyclic) bond motifs is 1. The molecule has 2 N–H and O–H groups in total. The number of nitrogens with one attached hydrogen (secondary N) is 2. The number of amides is 3. The Kier molecular flexibility index (Phi) is 6.83. The molecule has 4 rings (SSSR count). The van der Waals surface area contributed by atoms with E-state index in [1.165, 1.54) is 6.07 Å². The van der Waals surface area contributed by atoms with E-state index in [0.29, 0.717) is 49.5 Å². The third-order valence-electron chi connectivity index (χ3n) is 6.10. The van der Waals surface area contributed by atoms with Gasteiger partial charge >= 0.3 is 6.03 Å². The molecule has 9 heteroatoms. The number of urea groups is 1. The molecule has 8 nitrogen and oxygen atoms in total. The highest BCUT2D eigenvalue weighted by Crippen LogP contribution is 2.19. The molecule has 3 amide bonds. The molecule has 0 atom stereocenters. The molecule has 0 saturated carbocycles. The third-order valence-corrected chi connectivity index (χ3v) is 6.10. The van der Waals surface area contributed by atoms with Crippen LogP contribution in [0.5, 0.6) is 0 Å². The Morgan fingerprint density at radius 3 is 2.50 bits per heavy atom. The fraction of sp³-hybridized carbons (Fsp3) is 0.400. The van der Waals surface area contributed by atoms with Gasteiger partial charge in [-0.15, -0.1) is 0 Å². The number of aryl methyl sites for hydroxylation is 2. The van der Waals surface area contributed by atoms with Crippen molar-refractivity contribution in [2.75, 3.05) is 31.5 Å². The monoisotopic (exact) mass is 466 g/mol. The summed E-state index contributed by atoms with van der Waals surface area (Å²) in [6, 6.07) is 10.1. The summed E-state index contributed by atoms with van der Waals surface area (Å²) in [5.74, 6) is 0.467. The minimum Gasteiger partial charge on any atom is -0.350 e. The molecule has 0 radical (unpaired) electrons. The van der Waals surface area contributed by atoms with Crippen LogP contribution in [0.15, 0.2) is 36.4 Å². The summed E-state index contributed by atoms with van der Waals surface area (Å²) < 4.78 is 15.8. The fourth-order valence-electron chi connectivity index (χ4n) is 4.06. The number of carbonyl (C=O) groups excluding carboxylic acids is 2. The Hall–Kier alpha value is -3.46. The topological polar surface area (TPSA) is 82.5 Å². The predicted octanol–water partition coefficient (Wildman–Crippen LogP) is 3.51. The molecule has 180 valence electrons. The highest BCUT2D eigenvalue weighted by atomic mass is 19.1. The lowest BCUT2D eigenvalue weighted by atomic mass is 10.2. The number of carbonyl (C=O) groups is 2. The Balaban J connectivity index is 1.36. The first-order chi connectivity index (χ1) is 16.2. The minimum absolute atomic E-state index is 0.0706. The molecule has 0 bridgehead atoms. The maximum atomic E-state index is 13.8. The highest BCUT2D eigenvalue weighted by molar-refractivity contribution is 5.97. The van der Waals surface area contributed by atoms with Crippen molar-refractivity contribution in [3.63, 3.8) is 0 Å². The van der Waals surface area contributed by atoms with Crippen LogP contribution in [0.4, 0.5) is 14.9 Å². The number of hydrogen-bond donors (Lipinski definition) is 2. The smallest absolute Gasteiger partial charge is 0.321 e. The maximum Gasteiger partial charge on any atom is 0.321 e. The number of benzene rings is 2. The average Bonchev–Trinajstić information content (AvgIpc) is 3.10. The van der Waals surface area contributed by atoms with Gasteiger partial charge in [-0.3, -0.25) is 9.69 Å². The quantitative estimate of drug-likeness (QED) is 0.603. The van der Waals surface area contributed by atoms with Crippen LogP contribution in [0.3, 0.4) is 0 Å². The summed E-state index contributed by atoms with van der Waals surface area (Å²) in [7, 11) is 1.98. The molecule has 1 saturated heterocycles. The molecule has 34 heavy (non-hydrogen) atoms. The second-order valence-electron chi connectivity index (χ2n) is 9.08. The van der Waals surface area contributed by atoms with E-state index in [-0.39, 0.29) is 23.8 Å². The zero-order valence-corrected chi connectivity index (χ0v) is 20.1. The van der Waals surface area contributed by atoms with Crippen LogP contribution in [0.1, 0.15) is 35.6 Å². The van der Waals surface area contributed by atoms with Crippen LogP contribution in [0.25, 0.3) is 11.0 Å². The normalized spacial score (nSPS) is 14.6. The largest absolute Gasteiger partial charge is 0.350 e. The van der Waals surface area contributed by atoms with Crippen LogP contribution >= 0.6 is 0 Å². The van der Waals surface area contributed by atoms with Crippen LogP contribution in [-0.4, -0.2) is 63.5 Å². The van der Waals surface area contributed by atoms with Gasteiger partial charge in [0.15, 0.2) is 0 Å². The van der Waals surface area contributed by atoms with Crippen molar-refractivity contribution in [2.24, 2.45) is 7.05 Å². The summed E-state index contributed by atoms with van der Waals surface area (Å²) in [6.07, 6.45) is 0. The molecular weight excluding hydrogens is 435 g/mol. The van der Waals surface area contributed by atoms with Crippen molar-refractivity contribution in [1.82, 2.24) is 24.7 Å². The van der Waals surface area contributed by atoms with E-state index in [0.717, 1.165) is 16.9 Å². The average molecular weight is 467 g/mol. The molecule has 1 aliphatic rings. The summed E-state index contributed by atoms with van der Waals surface area (Å²) in [6.45, 7) is 8.77. The van der Waals surface area contributed by atoms with Crippen molar-refractivity contribution in [3.05, 3.63) is 59.2 Å². The summed E-state index contributed by atoms with van der Waals surface area (Å²) in [5, 5.41) is 5.68. The van der Waals surface area contributed by atoms with Crippen molar-refractivity contribution < 1.29 is 14.0 Å². The molecular formula is C25H31FN6O2. The van der Waals surface area contributed by atoms with Crippen molar-refractivity contribution >= 4 is 28.7 Å². The Morgan fingerprint density at radius 1 is 1.09 bits per heavy atom. The molecule has 2 heterocycles. The molecule has 0 aliphatic carbocycles. The van der Waals surface area contributed by atoms with Gasteiger partial charge in [0.25, 0.3) is 5.91 Å². The van der Waals surface area contributed by atoms with E-state index < -0.39 is 0 Å². The van der Waals surface area contributed by atoms with E-state index in [1.54, 1.807) is 24.0 Å². The van der Waals surface area contributed by atoms with E-state index in [2.05, 4.69) is 15.5 Å². The number of halogens is 1. The zero-order valence-electron chi connectivity index (χ0n) is 20.1. The first-order valence-corrected chi connectivity index (χ1v) is 11.5. The number of rotatable bonds is 5. The number of imidazole rings is 1. The van der Waals surface area contributed by atoms with E-state index in [9.17, 15) is 14.0 Å². The number of hydrogen-bond acceptors (Lipinski definition) is 4. The van der Waals surface area contributed by atoms with Crippen molar-refractivity contribution in [2.45, 2.75) is 33.4 Å². The second kappa shape index (κ2) is 9.80. The van der Waals surface area contributed by atoms with Gasteiger partial charge < -0.3 is 20.1 Å². The summed E-state index contributed by atoms with van der Waals surface area (Å²) in [5.41, 5.74) is 3.36. The maximum absolute atomic E-state index is 13.8. The van der Waals surface area contributed by atoms with E-state index in [4.69, 9.17) is 4.98 Å². The lowest BCUT2D eigenvalue weighted by Gasteiger charge is -2.34. The first-order valence-electron chi connectivity index (χ1n) is 11.5. The molecule has 3 aromatic rings. The minimum atomic E-state index is -0.335. The molecule has 0 spiro atoms. The number of anilines is 1. The fourth-order valence-corrected chi connectivity index (χ4v) is 4.06. The van der Waals surface area contributed by atoms with Gasteiger partial charge in [-0.05, 0) is 56.7 Å². The number of nitrogens with zero attached hydrogens (tertiary/aromatic N) is 4. The molecule has 1 fully saturated rings. The standard InChI is InChI=1S/C25H31FN6O2/c1-16(2)27-24(33)18-6-8-22-21(13-18)29-23(30(22)4)15-31-9-11-32(12-10-31)25(34)28-19-7-5-17(3)20(26)14-19/h5-8,13-14,16H,9-12,15H2,1-4H3,(H,27,33)(H,28,34). The van der Waals surface area contributed by atoms with Crippen LogP contribution in [0, 0.1) is 12.7 Å². The molecule has 1 aliphatic heterocycles. The van der Waals surface area contributed by atoms with Gasteiger partial charge in [0.05, 0.1) is 17.6 Å². The number of aromatic nitrogens is 2. The number of piperazine rings is 1. The first kappa shape index (κ1) is 23.7. The predicted molar refractivity (Wildman–Crippen MR) is 130 cm³/mol. The van der Waals surface area contributed by atoms with Crippen LogP contribution in [0.2, 0.25) is 0 Å². The SMILES string of the molecule is Cc1ccc(NC(=O)N2CCN(Cc3nc4cc(C(=O)NC(C)C)ccc4n3C)CC2)cc1F. The molecule has 2 aromatic carbocycles. The van der Waals surface area contributed by atoms with Gasteiger partial charge in [-0.2, -0.15) is 0 Å². The van der Waals surface area contributed by atoms with E-state index >= 15 is 0 Å².